The Morgan fingerprint density at radius 2 is 2.06 bits per heavy atom. The molecule has 0 aliphatic rings. The van der Waals surface area contributed by atoms with E-state index >= 15 is 0 Å². The maximum absolute atomic E-state index is 4.94. The molecule has 3 N–H and O–H groups in total. The number of hydrogen-bond acceptors (Lipinski definition) is 4. The summed E-state index contributed by atoms with van der Waals surface area (Å²) in [4.78, 5) is 0. The number of aromatic amines is 1. The highest BCUT2D eigenvalue weighted by Crippen LogP contribution is 1.90. The third-order valence-corrected chi connectivity index (χ3v) is 2.32. The molecule has 1 heterocycles. The molecule has 0 bridgehead atoms. The lowest BCUT2D eigenvalue weighted by Gasteiger charge is -2.05. The van der Waals surface area contributed by atoms with Crippen molar-refractivity contribution in [2.45, 2.75) is 12.8 Å². The quantitative estimate of drug-likeness (QED) is 0.498. The van der Waals surface area contributed by atoms with E-state index in [2.05, 4.69) is 20.8 Å². The van der Waals surface area contributed by atoms with Crippen LogP contribution in [0.3, 0.4) is 0 Å². The Labute approximate surface area is 97.0 Å². The lowest BCUT2D eigenvalue weighted by Crippen LogP contribution is -2.25. The summed E-state index contributed by atoms with van der Waals surface area (Å²) in [7, 11) is 1.72. The largest absolute Gasteiger partial charge is 0.383 e. The monoisotopic (exact) mass is 226 g/mol. The van der Waals surface area contributed by atoms with Crippen molar-refractivity contribution in [3.05, 3.63) is 18.0 Å². The first-order valence-electron chi connectivity index (χ1n) is 5.82. The highest BCUT2D eigenvalue weighted by molar-refractivity contribution is 4.97. The van der Waals surface area contributed by atoms with E-state index in [0.717, 1.165) is 45.6 Å². The van der Waals surface area contributed by atoms with Crippen LogP contribution in [0.5, 0.6) is 0 Å². The Bertz CT molecular complexity index is 238. The van der Waals surface area contributed by atoms with Crippen LogP contribution in [0.15, 0.2) is 12.3 Å². The molecule has 1 aromatic rings. The Kier molecular flexibility index (Phi) is 7.67. The van der Waals surface area contributed by atoms with Gasteiger partial charge < -0.3 is 15.4 Å². The van der Waals surface area contributed by atoms with Gasteiger partial charge in [-0.25, -0.2) is 0 Å². The van der Waals surface area contributed by atoms with Crippen molar-refractivity contribution in [3.8, 4) is 0 Å². The van der Waals surface area contributed by atoms with Crippen molar-refractivity contribution in [1.82, 2.24) is 20.8 Å². The maximum atomic E-state index is 4.94. The predicted octanol–water partition coefficient (Wildman–Crippen LogP) is 0.168. The van der Waals surface area contributed by atoms with E-state index in [0.29, 0.717) is 0 Å². The van der Waals surface area contributed by atoms with Crippen molar-refractivity contribution in [3.63, 3.8) is 0 Å². The molecule has 0 atom stereocenters. The first kappa shape index (κ1) is 13.2. The van der Waals surface area contributed by atoms with E-state index in [1.54, 1.807) is 13.3 Å². The zero-order chi connectivity index (χ0) is 11.5. The molecule has 5 nitrogen and oxygen atoms in total. The predicted molar refractivity (Wildman–Crippen MR) is 64.5 cm³/mol. The van der Waals surface area contributed by atoms with Gasteiger partial charge in [-0.1, -0.05) is 0 Å². The average Bonchev–Trinajstić information content (AvgIpc) is 2.80. The SMILES string of the molecule is COCCNCCCNCCc1ccn[nH]1. The Balaban J connectivity index is 1.78. The number of hydrogen-bond donors (Lipinski definition) is 3. The van der Waals surface area contributed by atoms with Crippen LogP contribution in [0.1, 0.15) is 12.1 Å². The topological polar surface area (TPSA) is 62.0 Å². The molecule has 0 saturated carbocycles. The molecule has 0 amide bonds. The molecule has 5 heteroatoms. The van der Waals surface area contributed by atoms with Crippen LogP contribution in [0, 0.1) is 0 Å². The second-order valence-electron chi connectivity index (χ2n) is 3.68. The minimum atomic E-state index is 0.785. The summed E-state index contributed by atoms with van der Waals surface area (Å²) in [6, 6.07) is 2.01. The van der Waals surface area contributed by atoms with Crippen molar-refractivity contribution < 1.29 is 4.74 Å². The van der Waals surface area contributed by atoms with Crippen LogP contribution in [-0.2, 0) is 11.2 Å². The van der Waals surface area contributed by atoms with Crippen LogP contribution in [-0.4, -0.2) is 50.1 Å². The number of rotatable bonds is 10. The van der Waals surface area contributed by atoms with E-state index in [-0.39, 0.29) is 0 Å². The second-order valence-corrected chi connectivity index (χ2v) is 3.68. The highest BCUT2D eigenvalue weighted by atomic mass is 16.5. The summed E-state index contributed by atoms with van der Waals surface area (Å²) in [5, 5.41) is 13.6. The number of nitrogens with zero attached hydrogens (tertiary/aromatic N) is 1. The van der Waals surface area contributed by atoms with Gasteiger partial charge in [-0.2, -0.15) is 5.10 Å². The lowest BCUT2D eigenvalue weighted by atomic mass is 10.3. The molecule has 0 spiro atoms. The van der Waals surface area contributed by atoms with E-state index in [4.69, 9.17) is 4.74 Å². The van der Waals surface area contributed by atoms with Gasteiger partial charge in [0, 0.05) is 38.5 Å². The molecular formula is C11H22N4O. The minimum Gasteiger partial charge on any atom is -0.383 e. The van der Waals surface area contributed by atoms with Gasteiger partial charge in [0.05, 0.1) is 6.61 Å². The van der Waals surface area contributed by atoms with Gasteiger partial charge in [0.2, 0.25) is 0 Å². The molecule has 0 saturated heterocycles. The molecule has 0 aliphatic carbocycles. The molecule has 0 aromatic carbocycles. The normalized spacial score (nSPS) is 10.8. The third-order valence-electron chi connectivity index (χ3n) is 2.32. The summed E-state index contributed by atoms with van der Waals surface area (Å²) < 4.78 is 4.94. The lowest BCUT2D eigenvalue weighted by molar-refractivity contribution is 0.199. The van der Waals surface area contributed by atoms with E-state index in [1.807, 2.05) is 6.07 Å². The molecule has 16 heavy (non-hydrogen) atoms. The van der Waals surface area contributed by atoms with Gasteiger partial charge in [0.1, 0.15) is 0 Å². The van der Waals surface area contributed by atoms with Gasteiger partial charge in [0.25, 0.3) is 0 Å². The molecular weight excluding hydrogens is 204 g/mol. The Morgan fingerprint density at radius 1 is 1.25 bits per heavy atom. The molecule has 1 aromatic heterocycles. The smallest absolute Gasteiger partial charge is 0.0587 e. The minimum absolute atomic E-state index is 0.785. The third kappa shape index (κ3) is 6.55. The first-order valence-corrected chi connectivity index (χ1v) is 5.82. The highest BCUT2D eigenvalue weighted by Gasteiger charge is 1.93. The number of nitrogens with one attached hydrogen (secondary N) is 3. The van der Waals surface area contributed by atoms with E-state index in [1.165, 1.54) is 5.69 Å². The summed E-state index contributed by atoms with van der Waals surface area (Å²) in [5.74, 6) is 0. The number of methoxy groups -OCH3 is 1. The van der Waals surface area contributed by atoms with Gasteiger partial charge in [-0.3, -0.25) is 5.10 Å². The molecule has 1 rings (SSSR count). The van der Waals surface area contributed by atoms with Crippen LogP contribution in [0.4, 0.5) is 0 Å². The maximum Gasteiger partial charge on any atom is 0.0587 e. The fourth-order valence-corrected chi connectivity index (χ4v) is 1.41. The summed E-state index contributed by atoms with van der Waals surface area (Å²) in [5.41, 5.74) is 1.19. The summed E-state index contributed by atoms with van der Waals surface area (Å²) >= 11 is 0. The summed E-state index contributed by atoms with van der Waals surface area (Å²) in [6.07, 6.45) is 3.94. The van der Waals surface area contributed by atoms with Gasteiger partial charge in [-0.15, -0.1) is 0 Å². The fourth-order valence-electron chi connectivity index (χ4n) is 1.41. The van der Waals surface area contributed by atoms with Crippen LogP contribution < -0.4 is 10.6 Å². The zero-order valence-electron chi connectivity index (χ0n) is 9.96. The first-order chi connectivity index (χ1) is 7.93. The Morgan fingerprint density at radius 3 is 2.75 bits per heavy atom. The fraction of sp³-hybridized carbons (Fsp3) is 0.727. The van der Waals surface area contributed by atoms with Crippen molar-refractivity contribution in [2.24, 2.45) is 0 Å². The van der Waals surface area contributed by atoms with Crippen molar-refractivity contribution >= 4 is 0 Å². The van der Waals surface area contributed by atoms with Crippen LogP contribution in [0.2, 0.25) is 0 Å². The Hall–Kier alpha value is -0.910. The molecule has 0 fully saturated rings. The number of H-pyrrole nitrogens is 1. The molecule has 0 unspecified atom stereocenters. The average molecular weight is 226 g/mol. The summed E-state index contributed by atoms with van der Waals surface area (Å²) in [6.45, 7) is 4.81. The van der Waals surface area contributed by atoms with Crippen molar-refractivity contribution in [2.75, 3.05) is 39.9 Å². The van der Waals surface area contributed by atoms with Crippen LogP contribution in [0.25, 0.3) is 0 Å². The van der Waals surface area contributed by atoms with Gasteiger partial charge >= 0.3 is 0 Å². The van der Waals surface area contributed by atoms with Crippen molar-refractivity contribution in [1.29, 1.82) is 0 Å². The zero-order valence-corrected chi connectivity index (χ0v) is 9.96. The molecule has 0 radical (unpaired) electrons. The van der Waals surface area contributed by atoms with E-state index in [9.17, 15) is 0 Å². The molecule has 0 aliphatic heterocycles. The second kappa shape index (κ2) is 9.33. The number of ether oxygens (including phenoxy) is 1. The van der Waals surface area contributed by atoms with Gasteiger partial charge in [-0.05, 0) is 25.6 Å². The van der Waals surface area contributed by atoms with E-state index < -0.39 is 0 Å². The molecule has 92 valence electrons. The standard InChI is InChI=1S/C11H22N4O/c1-16-10-9-13-6-2-5-12-7-3-11-4-8-14-15-11/h4,8,12-13H,2-3,5-7,9-10H2,1H3,(H,14,15). The van der Waals surface area contributed by atoms with Gasteiger partial charge in [0.15, 0.2) is 0 Å². The number of aromatic nitrogens is 2. The van der Waals surface area contributed by atoms with Crippen LogP contribution >= 0.6 is 0 Å².